The van der Waals surface area contributed by atoms with Crippen LogP contribution in [0.4, 0.5) is 5.13 Å². The topological polar surface area (TPSA) is 117 Å². The first kappa shape index (κ1) is 25.3. The zero-order chi connectivity index (χ0) is 27.1. The van der Waals surface area contributed by atoms with Gasteiger partial charge in [-0.15, -0.1) is 0 Å². The predicted molar refractivity (Wildman–Crippen MR) is 140 cm³/mol. The van der Waals surface area contributed by atoms with E-state index in [0.717, 1.165) is 11.3 Å². The third-order valence-electron chi connectivity index (χ3n) is 6.23. The van der Waals surface area contributed by atoms with E-state index < -0.39 is 17.9 Å². The largest absolute Gasteiger partial charge is 0.493 e. The van der Waals surface area contributed by atoms with Gasteiger partial charge in [-0.1, -0.05) is 23.5 Å². The number of aromatic nitrogens is 1. The molecule has 1 aliphatic heterocycles. The zero-order valence-corrected chi connectivity index (χ0v) is 22.1. The highest BCUT2D eigenvalue weighted by Crippen LogP contribution is 2.47. The second-order valence-corrected chi connectivity index (χ2v) is 9.32. The summed E-state index contributed by atoms with van der Waals surface area (Å²) in [5.74, 6) is -0.160. The van der Waals surface area contributed by atoms with Crippen molar-refractivity contribution >= 4 is 39.3 Å². The SMILES string of the molecule is CCOC(=O)c1sc(N2C(=O)c3oc4ccccc4c(=O)c3[C@@H]2c2cc(OC)c(OC)c(OC)c2)nc1C. The van der Waals surface area contributed by atoms with Crippen LogP contribution in [0.5, 0.6) is 17.2 Å². The molecule has 1 aliphatic rings. The van der Waals surface area contributed by atoms with Gasteiger partial charge < -0.3 is 23.4 Å². The number of methoxy groups -OCH3 is 3. The molecule has 10 nitrogen and oxygen atoms in total. The van der Waals surface area contributed by atoms with Crippen molar-refractivity contribution in [3.05, 3.63) is 74.1 Å². The van der Waals surface area contributed by atoms with Crippen molar-refractivity contribution in [3.63, 3.8) is 0 Å². The molecule has 1 amide bonds. The van der Waals surface area contributed by atoms with Crippen molar-refractivity contribution in [3.8, 4) is 17.2 Å². The molecule has 0 fully saturated rings. The Morgan fingerprint density at radius 3 is 2.39 bits per heavy atom. The summed E-state index contributed by atoms with van der Waals surface area (Å²) in [5, 5.41) is 0.546. The van der Waals surface area contributed by atoms with E-state index in [2.05, 4.69) is 4.98 Å². The summed E-state index contributed by atoms with van der Waals surface area (Å²) in [6.45, 7) is 3.56. The van der Waals surface area contributed by atoms with E-state index >= 15 is 0 Å². The quantitative estimate of drug-likeness (QED) is 0.314. The first-order valence-electron chi connectivity index (χ1n) is 11.7. The molecule has 1 atom stereocenters. The number of carbonyl (C=O) groups is 2. The van der Waals surface area contributed by atoms with Gasteiger partial charge in [-0.25, -0.2) is 9.78 Å². The standard InChI is InChI=1S/C27H24N2O8S/c1-6-36-26(32)24-13(2)28-27(38-24)29-20(14-11-17(33-3)22(35-5)18(12-14)34-4)19-21(30)15-9-7-8-10-16(15)37-23(19)25(29)31/h7-12,20H,6H2,1-5H3/t20-/m0/s1. The van der Waals surface area contributed by atoms with Crippen LogP contribution in [0.3, 0.4) is 0 Å². The summed E-state index contributed by atoms with van der Waals surface area (Å²) in [4.78, 5) is 46.3. The van der Waals surface area contributed by atoms with E-state index in [0.29, 0.717) is 33.9 Å². The van der Waals surface area contributed by atoms with Crippen molar-refractivity contribution in [1.82, 2.24) is 4.98 Å². The number of carbonyl (C=O) groups excluding carboxylic acids is 2. The van der Waals surface area contributed by atoms with Gasteiger partial charge in [0, 0.05) is 0 Å². The average molecular weight is 537 g/mol. The lowest BCUT2D eigenvalue weighted by Gasteiger charge is -2.24. The van der Waals surface area contributed by atoms with Gasteiger partial charge in [-0.05, 0) is 43.7 Å². The van der Waals surface area contributed by atoms with Gasteiger partial charge in [0.05, 0.1) is 50.6 Å². The number of para-hydroxylation sites is 1. The van der Waals surface area contributed by atoms with E-state index in [1.807, 2.05) is 0 Å². The number of ether oxygens (including phenoxy) is 4. The van der Waals surface area contributed by atoms with Crippen molar-refractivity contribution in [2.45, 2.75) is 19.9 Å². The molecule has 3 heterocycles. The molecule has 11 heteroatoms. The van der Waals surface area contributed by atoms with E-state index in [1.54, 1.807) is 50.2 Å². The summed E-state index contributed by atoms with van der Waals surface area (Å²) >= 11 is 1.00. The predicted octanol–water partition coefficient (Wildman–Crippen LogP) is 4.51. The first-order chi connectivity index (χ1) is 18.3. The molecule has 0 bridgehead atoms. The lowest BCUT2D eigenvalue weighted by molar-refractivity contribution is 0.0531. The van der Waals surface area contributed by atoms with E-state index in [-0.39, 0.29) is 39.0 Å². The molecule has 38 heavy (non-hydrogen) atoms. The maximum Gasteiger partial charge on any atom is 0.350 e. The molecular formula is C27H24N2O8S. The Hall–Kier alpha value is -4.38. The van der Waals surface area contributed by atoms with E-state index in [1.165, 1.54) is 26.2 Å². The number of aryl methyl sites for hydroxylation is 1. The van der Waals surface area contributed by atoms with Crippen LogP contribution in [0.1, 0.15) is 50.0 Å². The Bertz CT molecular complexity index is 1620. The van der Waals surface area contributed by atoms with Gasteiger partial charge in [-0.2, -0.15) is 0 Å². The highest BCUT2D eigenvalue weighted by Gasteiger charge is 2.46. The number of benzene rings is 2. The number of amides is 1. The monoisotopic (exact) mass is 536 g/mol. The number of hydrogen-bond acceptors (Lipinski definition) is 10. The molecule has 2 aromatic heterocycles. The molecule has 0 aliphatic carbocycles. The molecule has 4 aromatic rings. The van der Waals surface area contributed by atoms with Crippen molar-refractivity contribution in [1.29, 1.82) is 0 Å². The molecule has 0 N–H and O–H groups in total. The smallest absolute Gasteiger partial charge is 0.350 e. The Labute approximate surface area is 221 Å². The fourth-order valence-electron chi connectivity index (χ4n) is 4.56. The molecule has 196 valence electrons. The van der Waals surface area contributed by atoms with Crippen LogP contribution in [-0.2, 0) is 4.74 Å². The number of nitrogens with zero attached hydrogens (tertiary/aromatic N) is 2. The summed E-state index contributed by atoms with van der Waals surface area (Å²) in [6, 6.07) is 9.12. The molecule has 2 aromatic carbocycles. The van der Waals surface area contributed by atoms with E-state index in [4.69, 9.17) is 23.4 Å². The summed E-state index contributed by atoms with van der Waals surface area (Å²) in [6.07, 6.45) is 0. The van der Waals surface area contributed by atoms with Crippen LogP contribution < -0.4 is 24.5 Å². The van der Waals surface area contributed by atoms with Gasteiger partial charge in [-0.3, -0.25) is 14.5 Å². The highest BCUT2D eigenvalue weighted by atomic mass is 32.1. The molecule has 0 radical (unpaired) electrons. The number of esters is 1. The van der Waals surface area contributed by atoms with Crippen LogP contribution in [0.25, 0.3) is 11.0 Å². The minimum atomic E-state index is -0.951. The molecule has 0 saturated carbocycles. The molecule has 0 unspecified atom stereocenters. The summed E-state index contributed by atoms with van der Waals surface area (Å²) in [7, 11) is 4.44. The van der Waals surface area contributed by atoms with Crippen LogP contribution >= 0.6 is 11.3 Å². The molecule has 0 spiro atoms. The second kappa shape index (κ2) is 9.82. The number of thiazole rings is 1. The van der Waals surface area contributed by atoms with Gasteiger partial charge >= 0.3 is 5.97 Å². The molecular weight excluding hydrogens is 512 g/mol. The second-order valence-electron chi connectivity index (χ2n) is 8.34. The summed E-state index contributed by atoms with van der Waals surface area (Å²) in [5.41, 5.74) is 0.987. The fourth-order valence-corrected chi connectivity index (χ4v) is 5.55. The maximum atomic E-state index is 13.9. The lowest BCUT2D eigenvalue weighted by Crippen LogP contribution is -2.29. The average Bonchev–Trinajstić information content (AvgIpc) is 3.45. The lowest BCUT2D eigenvalue weighted by atomic mass is 9.98. The van der Waals surface area contributed by atoms with Crippen molar-refractivity contribution in [2.24, 2.45) is 0 Å². The fraction of sp³-hybridized carbons (Fsp3) is 0.259. The minimum absolute atomic E-state index is 0.0991. The van der Waals surface area contributed by atoms with Crippen LogP contribution in [0.15, 0.2) is 45.6 Å². The maximum absolute atomic E-state index is 13.9. The van der Waals surface area contributed by atoms with Crippen molar-refractivity contribution in [2.75, 3.05) is 32.8 Å². The Morgan fingerprint density at radius 2 is 1.76 bits per heavy atom. The van der Waals surface area contributed by atoms with Crippen LogP contribution in [-0.4, -0.2) is 44.8 Å². The van der Waals surface area contributed by atoms with Gasteiger partial charge in [0.25, 0.3) is 5.91 Å². The molecule has 5 rings (SSSR count). The van der Waals surface area contributed by atoms with E-state index in [9.17, 15) is 14.4 Å². The van der Waals surface area contributed by atoms with Crippen LogP contribution in [0.2, 0.25) is 0 Å². The van der Waals surface area contributed by atoms with Gasteiger partial charge in [0.15, 0.2) is 22.1 Å². The third kappa shape index (κ3) is 3.86. The number of fused-ring (bicyclic) bond motifs is 2. The normalized spacial score (nSPS) is 14.5. The first-order valence-corrected chi connectivity index (χ1v) is 12.5. The number of hydrogen-bond donors (Lipinski definition) is 0. The Morgan fingerprint density at radius 1 is 1.08 bits per heavy atom. The van der Waals surface area contributed by atoms with Gasteiger partial charge in [0.2, 0.25) is 11.5 Å². The minimum Gasteiger partial charge on any atom is -0.493 e. The highest BCUT2D eigenvalue weighted by molar-refractivity contribution is 7.17. The summed E-state index contributed by atoms with van der Waals surface area (Å²) < 4.78 is 27.7. The third-order valence-corrected chi connectivity index (χ3v) is 7.37. The number of anilines is 1. The zero-order valence-electron chi connectivity index (χ0n) is 21.3. The Balaban J connectivity index is 1.79. The number of rotatable bonds is 7. The van der Waals surface area contributed by atoms with Crippen LogP contribution in [0, 0.1) is 6.92 Å². The molecule has 0 saturated heterocycles. The Kier molecular flexibility index (Phi) is 6.53. The van der Waals surface area contributed by atoms with Gasteiger partial charge in [0.1, 0.15) is 10.5 Å². The van der Waals surface area contributed by atoms with Crippen molar-refractivity contribution < 1.29 is 33.0 Å².